The maximum Gasteiger partial charge on any atom is 0.338 e. The smallest absolute Gasteiger partial charge is 0.338 e. The Labute approximate surface area is 242 Å². The number of thioether (sulfide) groups is 1. The number of esters is 1. The summed E-state index contributed by atoms with van der Waals surface area (Å²) in [5, 5.41) is 0. The van der Waals surface area contributed by atoms with E-state index in [0.717, 1.165) is 42.7 Å². The zero-order valence-corrected chi connectivity index (χ0v) is 24.7. The van der Waals surface area contributed by atoms with Crippen molar-refractivity contribution in [2.45, 2.75) is 87.6 Å². The van der Waals surface area contributed by atoms with Crippen LogP contribution < -0.4 is 4.74 Å². The Bertz CT molecular complexity index is 1300. The first-order valence-corrected chi connectivity index (χ1v) is 15.3. The molecular weight excluding hydrogens is 518 g/mol. The fourth-order valence-electron chi connectivity index (χ4n) is 5.74. The summed E-state index contributed by atoms with van der Waals surface area (Å²) < 4.78 is 11.3. The van der Waals surface area contributed by atoms with Crippen LogP contribution in [0.1, 0.15) is 85.2 Å². The van der Waals surface area contributed by atoms with Crippen molar-refractivity contribution in [2.75, 3.05) is 6.61 Å². The molecule has 2 heterocycles. The standard InChI is InChI=1S/C34H39NO4S/c1-5-38-33(37)25-10-16-29(17-11-25)39-30-20-27-14-15-28(21-30)35(27)32(36)24-8-6-23(7-9-24)22-40-31-18-12-26(13-19-31)34(2,3)4/h6-13,16-19,27-28,30H,5,14-15,20-22H2,1-4H3. The molecule has 2 bridgehead atoms. The number of hydrogen-bond donors (Lipinski definition) is 0. The van der Waals surface area contributed by atoms with Crippen LogP contribution in [0.25, 0.3) is 0 Å². The van der Waals surface area contributed by atoms with E-state index < -0.39 is 0 Å². The molecule has 5 rings (SSSR count). The quantitative estimate of drug-likeness (QED) is 0.210. The van der Waals surface area contributed by atoms with Gasteiger partial charge in [0.05, 0.1) is 12.2 Å². The second kappa shape index (κ2) is 12.1. The predicted molar refractivity (Wildman–Crippen MR) is 160 cm³/mol. The number of carbonyl (C=O) groups excluding carboxylic acids is 2. The highest BCUT2D eigenvalue weighted by atomic mass is 32.2. The number of fused-ring (bicyclic) bond motifs is 2. The summed E-state index contributed by atoms with van der Waals surface area (Å²) in [6.45, 7) is 8.84. The zero-order chi connectivity index (χ0) is 28.3. The molecule has 3 aromatic rings. The highest BCUT2D eigenvalue weighted by Crippen LogP contribution is 2.38. The minimum atomic E-state index is -0.323. The fraction of sp³-hybridized carbons (Fsp3) is 0.412. The molecule has 0 aromatic heterocycles. The Morgan fingerprint density at radius 2 is 1.45 bits per heavy atom. The molecule has 0 spiro atoms. The first-order valence-electron chi connectivity index (χ1n) is 14.3. The molecule has 3 aromatic carbocycles. The molecule has 0 radical (unpaired) electrons. The fourth-order valence-corrected chi connectivity index (χ4v) is 6.60. The molecule has 210 valence electrons. The minimum Gasteiger partial charge on any atom is -0.490 e. The zero-order valence-electron chi connectivity index (χ0n) is 23.9. The largest absolute Gasteiger partial charge is 0.490 e. The number of hydrogen-bond acceptors (Lipinski definition) is 5. The molecule has 2 unspecified atom stereocenters. The molecule has 2 saturated heterocycles. The molecule has 5 nitrogen and oxygen atoms in total. The van der Waals surface area contributed by atoms with Gasteiger partial charge in [-0.1, -0.05) is 45.0 Å². The van der Waals surface area contributed by atoms with Gasteiger partial charge in [-0.3, -0.25) is 4.79 Å². The Hall–Kier alpha value is -3.25. The molecule has 2 atom stereocenters. The van der Waals surface area contributed by atoms with Crippen LogP contribution >= 0.6 is 11.8 Å². The van der Waals surface area contributed by atoms with E-state index >= 15 is 0 Å². The molecule has 2 aliphatic rings. The summed E-state index contributed by atoms with van der Waals surface area (Å²) in [5.74, 6) is 1.42. The van der Waals surface area contributed by atoms with Crippen molar-refractivity contribution in [1.82, 2.24) is 4.90 Å². The van der Waals surface area contributed by atoms with E-state index in [0.29, 0.717) is 12.2 Å². The summed E-state index contributed by atoms with van der Waals surface area (Å²) in [4.78, 5) is 28.8. The molecule has 0 aliphatic carbocycles. The second-order valence-electron chi connectivity index (χ2n) is 11.8. The summed E-state index contributed by atoms with van der Waals surface area (Å²) in [6.07, 6.45) is 3.74. The van der Waals surface area contributed by atoms with Gasteiger partial charge in [0.1, 0.15) is 11.9 Å². The Morgan fingerprint density at radius 1 is 0.850 bits per heavy atom. The van der Waals surface area contributed by atoms with Crippen LogP contribution in [-0.2, 0) is 15.9 Å². The van der Waals surface area contributed by atoms with Gasteiger partial charge >= 0.3 is 5.97 Å². The van der Waals surface area contributed by atoms with E-state index in [1.807, 2.05) is 36.0 Å². The van der Waals surface area contributed by atoms with Crippen molar-refractivity contribution in [2.24, 2.45) is 0 Å². The van der Waals surface area contributed by atoms with Crippen molar-refractivity contribution in [1.29, 1.82) is 0 Å². The highest BCUT2D eigenvalue weighted by molar-refractivity contribution is 7.98. The lowest BCUT2D eigenvalue weighted by molar-refractivity contribution is 0.0359. The van der Waals surface area contributed by atoms with Crippen molar-refractivity contribution >= 4 is 23.6 Å². The molecular formula is C34H39NO4S. The van der Waals surface area contributed by atoms with Crippen LogP contribution in [0.15, 0.2) is 77.7 Å². The number of ether oxygens (including phenoxy) is 2. The SMILES string of the molecule is CCOC(=O)c1ccc(OC2CC3CCC(C2)N3C(=O)c2ccc(CSc3ccc(C(C)(C)C)cc3)cc2)cc1. The van der Waals surface area contributed by atoms with Gasteiger partial charge in [-0.15, -0.1) is 11.8 Å². The van der Waals surface area contributed by atoms with E-state index in [-0.39, 0.29) is 35.5 Å². The van der Waals surface area contributed by atoms with Crippen LogP contribution in [0.5, 0.6) is 5.75 Å². The first-order chi connectivity index (χ1) is 19.2. The third kappa shape index (κ3) is 6.55. The molecule has 1 amide bonds. The van der Waals surface area contributed by atoms with Crippen LogP contribution in [0.2, 0.25) is 0 Å². The van der Waals surface area contributed by atoms with Crippen LogP contribution in [0.3, 0.4) is 0 Å². The highest BCUT2D eigenvalue weighted by Gasteiger charge is 2.44. The first kappa shape index (κ1) is 28.3. The van der Waals surface area contributed by atoms with Gasteiger partial charge in [-0.25, -0.2) is 4.79 Å². The number of rotatable bonds is 8. The topological polar surface area (TPSA) is 55.8 Å². The van der Waals surface area contributed by atoms with E-state index in [1.165, 1.54) is 16.0 Å². The number of piperidine rings is 1. The number of benzene rings is 3. The van der Waals surface area contributed by atoms with E-state index in [4.69, 9.17) is 9.47 Å². The second-order valence-corrected chi connectivity index (χ2v) is 12.9. The van der Waals surface area contributed by atoms with Crippen molar-refractivity contribution < 1.29 is 19.1 Å². The normalized spacial score (nSPS) is 20.3. The number of amides is 1. The predicted octanol–water partition coefficient (Wildman–Crippen LogP) is 7.67. The van der Waals surface area contributed by atoms with Gasteiger partial charge in [-0.05, 0) is 84.8 Å². The van der Waals surface area contributed by atoms with Crippen molar-refractivity contribution in [3.63, 3.8) is 0 Å². The molecule has 40 heavy (non-hydrogen) atoms. The van der Waals surface area contributed by atoms with Gasteiger partial charge in [0.15, 0.2) is 0 Å². The molecule has 6 heteroatoms. The maximum atomic E-state index is 13.5. The van der Waals surface area contributed by atoms with Gasteiger partial charge in [0, 0.05) is 41.1 Å². The number of carbonyl (C=O) groups is 2. The molecule has 0 saturated carbocycles. The van der Waals surface area contributed by atoms with E-state index in [9.17, 15) is 9.59 Å². The van der Waals surface area contributed by atoms with Gasteiger partial charge in [-0.2, -0.15) is 0 Å². The third-order valence-corrected chi connectivity index (χ3v) is 9.00. The summed E-state index contributed by atoms with van der Waals surface area (Å²) in [5.41, 5.74) is 3.99. The lowest BCUT2D eigenvalue weighted by Crippen LogP contribution is -2.49. The average molecular weight is 558 g/mol. The van der Waals surface area contributed by atoms with Gasteiger partial charge in [0.25, 0.3) is 5.91 Å². The number of nitrogens with zero attached hydrogens (tertiary/aromatic N) is 1. The molecule has 2 aliphatic heterocycles. The van der Waals surface area contributed by atoms with E-state index in [1.54, 1.807) is 19.1 Å². The average Bonchev–Trinajstić information content (AvgIpc) is 3.22. The Balaban J connectivity index is 1.15. The molecule has 2 fully saturated rings. The van der Waals surface area contributed by atoms with Crippen LogP contribution in [-0.4, -0.2) is 41.6 Å². The lowest BCUT2D eigenvalue weighted by atomic mass is 9.87. The Kier molecular flexibility index (Phi) is 8.55. The maximum absolute atomic E-state index is 13.5. The minimum absolute atomic E-state index is 0.0619. The van der Waals surface area contributed by atoms with Crippen LogP contribution in [0, 0.1) is 0 Å². The third-order valence-electron chi connectivity index (χ3n) is 7.92. The molecule has 0 N–H and O–H groups in total. The van der Waals surface area contributed by atoms with Crippen molar-refractivity contribution in [3.8, 4) is 5.75 Å². The monoisotopic (exact) mass is 557 g/mol. The van der Waals surface area contributed by atoms with Crippen LogP contribution in [0.4, 0.5) is 0 Å². The van der Waals surface area contributed by atoms with Crippen molar-refractivity contribution in [3.05, 3.63) is 95.1 Å². The lowest BCUT2D eigenvalue weighted by Gasteiger charge is -2.39. The van der Waals surface area contributed by atoms with Gasteiger partial charge in [0.2, 0.25) is 0 Å². The summed E-state index contributed by atoms with van der Waals surface area (Å²) in [6, 6.07) is 24.5. The van der Waals surface area contributed by atoms with E-state index in [2.05, 4.69) is 62.1 Å². The Morgan fingerprint density at radius 3 is 2.02 bits per heavy atom. The summed E-state index contributed by atoms with van der Waals surface area (Å²) >= 11 is 1.82. The summed E-state index contributed by atoms with van der Waals surface area (Å²) in [7, 11) is 0. The van der Waals surface area contributed by atoms with Gasteiger partial charge < -0.3 is 14.4 Å².